The van der Waals surface area contributed by atoms with Gasteiger partial charge in [-0.05, 0) is 30.7 Å². The molecule has 3 aromatic rings. The van der Waals surface area contributed by atoms with Crippen LogP contribution in [0.5, 0.6) is 0 Å². The van der Waals surface area contributed by atoms with Crippen LogP contribution in [0.1, 0.15) is 11.1 Å². The Morgan fingerprint density at radius 1 is 1.12 bits per heavy atom. The summed E-state index contributed by atoms with van der Waals surface area (Å²) in [5.74, 6) is -0.274. The van der Waals surface area contributed by atoms with Gasteiger partial charge < -0.3 is 9.88 Å². The number of hydrogen-bond acceptors (Lipinski definition) is 4. The molecule has 1 amide bonds. The Kier molecular flexibility index (Phi) is 4.22. The number of fused-ring (bicyclic) bond motifs is 1. The molecule has 4 rings (SSSR count). The van der Waals surface area contributed by atoms with Crippen molar-refractivity contribution in [3.8, 4) is 11.3 Å². The minimum Gasteiger partial charge on any atom is -0.320 e. The predicted molar refractivity (Wildman–Crippen MR) is 106 cm³/mol. The summed E-state index contributed by atoms with van der Waals surface area (Å²) in [6, 6.07) is 13.5. The highest BCUT2D eigenvalue weighted by atomic mass is 35.5. The first-order valence-corrected chi connectivity index (χ1v) is 9.23. The molecule has 2 heterocycles. The van der Waals surface area contributed by atoms with Crippen molar-refractivity contribution in [3.05, 3.63) is 68.8 Å². The SMILES string of the molecule is Cc1ccc(-c2cs/c(=N\N=C3\C(=O)Nc4ccc(Cl)cc43)n2C)cc1. The van der Waals surface area contributed by atoms with E-state index in [0.717, 1.165) is 11.3 Å². The highest BCUT2D eigenvalue weighted by molar-refractivity contribution is 7.07. The monoisotopic (exact) mass is 382 g/mol. The van der Waals surface area contributed by atoms with Gasteiger partial charge in [0.1, 0.15) is 0 Å². The van der Waals surface area contributed by atoms with E-state index >= 15 is 0 Å². The number of halogens is 1. The van der Waals surface area contributed by atoms with Crippen molar-refractivity contribution in [1.29, 1.82) is 0 Å². The summed E-state index contributed by atoms with van der Waals surface area (Å²) < 4.78 is 1.96. The normalized spacial score (nSPS) is 15.4. The lowest BCUT2D eigenvalue weighted by molar-refractivity contribution is -0.110. The molecule has 1 N–H and O–H groups in total. The molecule has 0 fully saturated rings. The number of nitrogens with zero attached hydrogens (tertiary/aromatic N) is 3. The first kappa shape index (κ1) is 16.8. The zero-order valence-electron chi connectivity index (χ0n) is 14.2. The Morgan fingerprint density at radius 3 is 2.65 bits per heavy atom. The molecule has 1 aromatic heterocycles. The fourth-order valence-electron chi connectivity index (χ4n) is 2.76. The fraction of sp³-hybridized carbons (Fsp3) is 0.105. The van der Waals surface area contributed by atoms with E-state index in [-0.39, 0.29) is 11.6 Å². The molecule has 1 aliphatic heterocycles. The van der Waals surface area contributed by atoms with Crippen LogP contribution in [0.3, 0.4) is 0 Å². The first-order chi connectivity index (χ1) is 12.5. The summed E-state index contributed by atoms with van der Waals surface area (Å²) in [6.07, 6.45) is 0. The minimum atomic E-state index is -0.274. The lowest BCUT2D eigenvalue weighted by Crippen LogP contribution is -2.15. The summed E-state index contributed by atoms with van der Waals surface area (Å²) in [5.41, 5.74) is 5.02. The van der Waals surface area contributed by atoms with E-state index in [0.29, 0.717) is 21.1 Å². The van der Waals surface area contributed by atoms with Crippen molar-refractivity contribution in [3.63, 3.8) is 0 Å². The van der Waals surface area contributed by atoms with Crippen LogP contribution >= 0.6 is 22.9 Å². The zero-order valence-corrected chi connectivity index (χ0v) is 15.7. The molecule has 7 heteroatoms. The number of amides is 1. The molecule has 2 aromatic carbocycles. The number of hydrogen-bond donors (Lipinski definition) is 1. The second-order valence-corrected chi connectivity index (χ2v) is 7.29. The van der Waals surface area contributed by atoms with Crippen molar-refractivity contribution in [1.82, 2.24) is 4.57 Å². The summed E-state index contributed by atoms with van der Waals surface area (Å²) >= 11 is 7.51. The number of anilines is 1. The smallest absolute Gasteiger partial charge is 0.276 e. The average Bonchev–Trinajstić information content (AvgIpc) is 3.13. The van der Waals surface area contributed by atoms with E-state index in [1.165, 1.54) is 16.9 Å². The maximum atomic E-state index is 12.2. The molecular formula is C19H15ClN4OS. The topological polar surface area (TPSA) is 58.8 Å². The number of benzene rings is 2. The van der Waals surface area contributed by atoms with Crippen molar-refractivity contribution >= 4 is 40.2 Å². The van der Waals surface area contributed by atoms with E-state index in [2.05, 4.69) is 46.7 Å². The van der Waals surface area contributed by atoms with Gasteiger partial charge in [0.2, 0.25) is 4.80 Å². The summed E-state index contributed by atoms with van der Waals surface area (Å²) in [4.78, 5) is 12.9. The third-order valence-corrected chi connectivity index (χ3v) is 5.35. The quantitative estimate of drug-likeness (QED) is 0.670. The van der Waals surface area contributed by atoms with Crippen LogP contribution < -0.4 is 10.1 Å². The Morgan fingerprint density at radius 2 is 1.88 bits per heavy atom. The van der Waals surface area contributed by atoms with Gasteiger partial charge in [-0.25, -0.2) is 0 Å². The second kappa shape index (κ2) is 6.55. The number of rotatable bonds is 2. The van der Waals surface area contributed by atoms with Gasteiger partial charge in [0.25, 0.3) is 5.91 Å². The molecule has 0 radical (unpaired) electrons. The van der Waals surface area contributed by atoms with Crippen LogP contribution in [-0.2, 0) is 11.8 Å². The van der Waals surface area contributed by atoms with Crippen molar-refractivity contribution in [2.75, 3.05) is 5.32 Å². The molecule has 0 bridgehead atoms. The molecule has 1 aliphatic rings. The number of aryl methyl sites for hydroxylation is 1. The van der Waals surface area contributed by atoms with Crippen LogP contribution in [0, 0.1) is 6.92 Å². The number of nitrogens with one attached hydrogen (secondary N) is 1. The fourth-order valence-corrected chi connectivity index (χ4v) is 3.79. The van der Waals surface area contributed by atoms with Crippen molar-refractivity contribution in [2.24, 2.45) is 17.3 Å². The Bertz CT molecular complexity index is 1110. The van der Waals surface area contributed by atoms with Gasteiger partial charge in [-0.2, -0.15) is 0 Å². The molecule has 5 nitrogen and oxygen atoms in total. The molecule has 0 atom stereocenters. The van der Waals surface area contributed by atoms with Gasteiger partial charge in [0.05, 0.1) is 11.4 Å². The molecule has 0 unspecified atom stereocenters. The minimum absolute atomic E-state index is 0.271. The standard InChI is InChI=1S/C19H15ClN4OS/c1-11-3-5-12(6-4-11)16-10-26-19(24(16)2)23-22-17-14-9-13(20)7-8-15(14)21-18(17)25/h3-10H,1-2H3,(H,21,22,25)/b23-19-. The van der Waals surface area contributed by atoms with Crippen LogP contribution in [0.4, 0.5) is 5.69 Å². The second-order valence-electron chi connectivity index (χ2n) is 6.02. The van der Waals surface area contributed by atoms with E-state index in [4.69, 9.17) is 11.6 Å². The van der Waals surface area contributed by atoms with Gasteiger partial charge in [-0.15, -0.1) is 21.5 Å². The number of aromatic nitrogens is 1. The molecule has 0 saturated heterocycles. The first-order valence-electron chi connectivity index (χ1n) is 7.97. The lowest BCUT2D eigenvalue weighted by Gasteiger charge is -2.02. The van der Waals surface area contributed by atoms with Crippen molar-refractivity contribution < 1.29 is 4.79 Å². The maximum Gasteiger partial charge on any atom is 0.276 e. The zero-order chi connectivity index (χ0) is 18.3. The molecule has 0 aliphatic carbocycles. The highest BCUT2D eigenvalue weighted by Crippen LogP contribution is 2.26. The molecule has 130 valence electrons. The maximum absolute atomic E-state index is 12.2. The van der Waals surface area contributed by atoms with Gasteiger partial charge in [-0.3, -0.25) is 4.79 Å². The van der Waals surface area contributed by atoms with E-state index in [9.17, 15) is 4.79 Å². The number of carbonyl (C=O) groups is 1. The van der Waals surface area contributed by atoms with E-state index in [1.54, 1.807) is 18.2 Å². The molecular weight excluding hydrogens is 368 g/mol. The largest absolute Gasteiger partial charge is 0.320 e. The Labute approximate surface area is 159 Å². The highest BCUT2D eigenvalue weighted by Gasteiger charge is 2.26. The number of thiazole rings is 1. The van der Waals surface area contributed by atoms with Gasteiger partial charge >= 0.3 is 0 Å². The van der Waals surface area contributed by atoms with Crippen molar-refractivity contribution in [2.45, 2.75) is 6.92 Å². The van der Waals surface area contributed by atoms with Crippen LogP contribution in [-0.4, -0.2) is 16.2 Å². The third-order valence-electron chi connectivity index (χ3n) is 4.21. The van der Waals surface area contributed by atoms with Gasteiger partial charge in [-0.1, -0.05) is 41.4 Å². The molecule has 0 spiro atoms. The Balaban J connectivity index is 1.75. The van der Waals surface area contributed by atoms with Crippen LogP contribution in [0.25, 0.3) is 11.3 Å². The van der Waals surface area contributed by atoms with Gasteiger partial charge in [0.15, 0.2) is 5.71 Å². The summed E-state index contributed by atoms with van der Waals surface area (Å²) in [7, 11) is 1.93. The number of carbonyl (C=O) groups excluding carboxylic acids is 1. The summed E-state index contributed by atoms with van der Waals surface area (Å²) in [6.45, 7) is 2.06. The van der Waals surface area contributed by atoms with E-state index in [1.807, 2.05) is 17.0 Å². The average molecular weight is 383 g/mol. The molecule has 26 heavy (non-hydrogen) atoms. The van der Waals surface area contributed by atoms with Gasteiger partial charge in [0, 0.05) is 23.0 Å². The molecule has 0 saturated carbocycles. The third kappa shape index (κ3) is 2.98. The van der Waals surface area contributed by atoms with E-state index < -0.39 is 0 Å². The lowest BCUT2D eigenvalue weighted by atomic mass is 10.1. The Hall–Kier alpha value is -2.70. The van der Waals surface area contributed by atoms with Crippen LogP contribution in [0.2, 0.25) is 5.02 Å². The van der Waals surface area contributed by atoms with Crippen LogP contribution in [0.15, 0.2) is 58.0 Å². The predicted octanol–water partition coefficient (Wildman–Crippen LogP) is 3.97. The summed E-state index contributed by atoms with van der Waals surface area (Å²) in [5, 5.41) is 13.8.